The number of hydrogen-bond acceptors (Lipinski definition) is 2. The van der Waals surface area contributed by atoms with Gasteiger partial charge in [0.1, 0.15) is 0 Å². The van der Waals surface area contributed by atoms with Gasteiger partial charge < -0.3 is 5.73 Å². The summed E-state index contributed by atoms with van der Waals surface area (Å²) in [6.07, 6.45) is -4.43. The first-order valence-electron chi connectivity index (χ1n) is 4.84. The van der Waals surface area contributed by atoms with E-state index in [4.69, 9.17) is 5.73 Å². The van der Waals surface area contributed by atoms with Crippen LogP contribution in [0.1, 0.15) is 17.7 Å². The lowest BCUT2D eigenvalue weighted by molar-refractivity contribution is -0.137. The number of nitrogens with zero attached hydrogens (tertiary/aromatic N) is 1. The second-order valence-electron chi connectivity index (χ2n) is 4.10. The summed E-state index contributed by atoms with van der Waals surface area (Å²) in [6.45, 7) is -0.335. The van der Waals surface area contributed by atoms with Gasteiger partial charge in [0.15, 0.2) is 0 Å². The molecular formula is C10H9F5N2. The predicted octanol–water partition coefficient (Wildman–Crippen LogP) is 2.34. The largest absolute Gasteiger partial charge is 0.417 e. The van der Waals surface area contributed by atoms with Crippen LogP contribution >= 0.6 is 0 Å². The van der Waals surface area contributed by atoms with Crippen LogP contribution < -0.4 is 5.73 Å². The van der Waals surface area contributed by atoms with Crippen molar-refractivity contribution in [3.8, 4) is 0 Å². The predicted molar refractivity (Wildman–Crippen MR) is 49.5 cm³/mol. The summed E-state index contributed by atoms with van der Waals surface area (Å²) in [6, 6.07) is 1.71. The fourth-order valence-electron chi connectivity index (χ4n) is 1.78. The van der Waals surface area contributed by atoms with E-state index in [-0.39, 0.29) is 12.2 Å². The van der Waals surface area contributed by atoms with Crippen molar-refractivity contribution in [3.05, 3.63) is 29.6 Å². The van der Waals surface area contributed by atoms with Crippen molar-refractivity contribution in [2.24, 2.45) is 5.73 Å². The molecule has 0 aliphatic heterocycles. The van der Waals surface area contributed by atoms with Crippen LogP contribution in [0.4, 0.5) is 22.0 Å². The molecule has 1 atom stereocenters. The summed E-state index contributed by atoms with van der Waals surface area (Å²) in [5.74, 6) is -2.98. The average molecular weight is 252 g/mol. The molecule has 2 N–H and O–H groups in total. The maximum absolute atomic E-state index is 13.1. The Labute approximate surface area is 93.6 Å². The highest BCUT2D eigenvalue weighted by Gasteiger charge is 2.72. The maximum Gasteiger partial charge on any atom is 0.417 e. The van der Waals surface area contributed by atoms with Crippen LogP contribution in [-0.2, 0) is 11.6 Å². The van der Waals surface area contributed by atoms with E-state index >= 15 is 0 Å². The minimum Gasteiger partial charge on any atom is -0.329 e. The first-order chi connectivity index (χ1) is 7.73. The van der Waals surface area contributed by atoms with Gasteiger partial charge in [-0.3, -0.25) is 4.98 Å². The maximum atomic E-state index is 13.1. The molecule has 1 aromatic heterocycles. The molecule has 1 unspecified atom stereocenters. The number of hydrogen-bond donors (Lipinski definition) is 1. The zero-order valence-corrected chi connectivity index (χ0v) is 8.56. The van der Waals surface area contributed by atoms with E-state index in [0.717, 1.165) is 12.1 Å². The van der Waals surface area contributed by atoms with Crippen molar-refractivity contribution in [2.75, 3.05) is 6.54 Å². The standard InChI is InChI=1S/C10H9F5N2/c11-9(12)4-8(9,5-16)7-2-1-6(3-17-7)10(13,14)15/h1-3H,4-5,16H2. The number of halogens is 5. The summed E-state index contributed by atoms with van der Waals surface area (Å²) < 4.78 is 63.0. The SMILES string of the molecule is NCC1(c2ccc(C(F)(F)F)cn2)CC1(F)F. The number of aromatic nitrogens is 1. The molecule has 7 heteroatoms. The number of alkyl halides is 5. The van der Waals surface area contributed by atoms with Crippen molar-refractivity contribution in [2.45, 2.75) is 23.9 Å². The molecule has 1 aromatic rings. The Morgan fingerprint density at radius 1 is 1.29 bits per heavy atom. The lowest BCUT2D eigenvalue weighted by Gasteiger charge is -2.14. The van der Waals surface area contributed by atoms with Gasteiger partial charge in [-0.1, -0.05) is 0 Å². The minimum absolute atomic E-state index is 0.0852. The summed E-state index contributed by atoms with van der Waals surface area (Å²) >= 11 is 0. The van der Waals surface area contributed by atoms with E-state index in [1.165, 1.54) is 0 Å². The van der Waals surface area contributed by atoms with Crippen LogP contribution in [0.5, 0.6) is 0 Å². The van der Waals surface area contributed by atoms with E-state index in [2.05, 4.69) is 4.98 Å². The van der Waals surface area contributed by atoms with Crippen molar-refractivity contribution < 1.29 is 22.0 Å². The Bertz CT molecular complexity index is 425. The molecule has 17 heavy (non-hydrogen) atoms. The van der Waals surface area contributed by atoms with Gasteiger partial charge in [-0.15, -0.1) is 0 Å². The number of rotatable bonds is 2. The highest BCUT2D eigenvalue weighted by molar-refractivity contribution is 5.35. The molecule has 0 radical (unpaired) electrons. The Morgan fingerprint density at radius 2 is 1.88 bits per heavy atom. The van der Waals surface area contributed by atoms with Crippen LogP contribution in [0.3, 0.4) is 0 Å². The third-order valence-corrected chi connectivity index (χ3v) is 3.03. The monoisotopic (exact) mass is 252 g/mol. The number of nitrogens with two attached hydrogens (primary N) is 1. The topological polar surface area (TPSA) is 38.9 Å². The van der Waals surface area contributed by atoms with E-state index in [0.29, 0.717) is 6.20 Å². The quantitative estimate of drug-likeness (QED) is 0.820. The zero-order chi connectivity index (χ0) is 12.9. The highest BCUT2D eigenvalue weighted by atomic mass is 19.4. The van der Waals surface area contributed by atoms with Crippen molar-refractivity contribution in [1.82, 2.24) is 4.98 Å². The van der Waals surface area contributed by atoms with Gasteiger partial charge in [0.2, 0.25) is 0 Å². The first-order valence-corrected chi connectivity index (χ1v) is 4.84. The van der Waals surface area contributed by atoms with Crippen LogP contribution in [0, 0.1) is 0 Å². The van der Waals surface area contributed by atoms with Gasteiger partial charge in [-0.05, 0) is 12.1 Å². The third kappa shape index (κ3) is 1.78. The molecule has 0 spiro atoms. The Hall–Kier alpha value is -1.24. The van der Waals surface area contributed by atoms with Gasteiger partial charge in [0.05, 0.1) is 16.7 Å². The highest BCUT2D eigenvalue weighted by Crippen LogP contribution is 2.60. The first kappa shape index (κ1) is 12.2. The molecule has 1 aliphatic rings. The molecule has 0 amide bonds. The van der Waals surface area contributed by atoms with E-state index in [9.17, 15) is 22.0 Å². The van der Waals surface area contributed by atoms with Crippen molar-refractivity contribution >= 4 is 0 Å². The molecular weight excluding hydrogens is 243 g/mol. The molecule has 1 heterocycles. The summed E-state index contributed by atoms with van der Waals surface area (Å²) in [7, 11) is 0. The number of pyridine rings is 1. The van der Waals surface area contributed by atoms with Crippen LogP contribution in [0.15, 0.2) is 18.3 Å². The lowest BCUT2D eigenvalue weighted by Crippen LogP contribution is -2.28. The second-order valence-corrected chi connectivity index (χ2v) is 4.10. The van der Waals surface area contributed by atoms with Crippen molar-refractivity contribution in [3.63, 3.8) is 0 Å². The van der Waals surface area contributed by atoms with Gasteiger partial charge in [-0.2, -0.15) is 13.2 Å². The fraction of sp³-hybridized carbons (Fsp3) is 0.500. The molecule has 2 nitrogen and oxygen atoms in total. The van der Waals surface area contributed by atoms with Crippen LogP contribution in [-0.4, -0.2) is 17.5 Å². The summed E-state index contributed by atoms with van der Waals surface area (Å²) in [5.41, 5.74) is 2.63. The van der Waals surface area contributed by atoms with E-state index in [1.807, 2.05) is 0 Å². The summed E-state index contributed by atoms with van der Waals surface area (Å²) in [4.78, 5) is 3.47. The van der Waals surface area contributed by atoms with Gasteiger partial charge >= 0.3 is 6.18 Å². The Balaban J connectivity index is 2.31. The fourth-order valence-corrected chi connectivity index (χ4v) is 1.78. The van der Waals surface area contributed by atoms with Gasteiger partial charge in [0, 0.05) is 19.2 Å². The van der Waals surface area contributed by atoms with Crippen LogP contribution in [0.25, 0.3) is 0 Å². The van der Waals surface area contributed by atoms with Gasteiger partial charge in [-0.25, -0.2) is 8.78 Å². The lowest BCUT2D eigenvalue weighted by atomic mass is 10.0. The van der Waals surface area contributed by atoms with Gasteiger partial charge in [0.25, 0.3) is 5.92 Å². The molecule has 0 saturated heterocycles. The normalized spacial score (nSPS) is 26.9. The zero-order valence-electron chi connectivity index (χ0n) is 8.56. The third-order valence-electron chi connectivity index (χ3n) is 3.03. The molecule has 1 saturated carbocycles. The van der Waals surface area contributed by atoms with E-state index < -0.39 is 29.5 Å². The molecule has 0 aromatic carbocycles. The minimum atomic E-state index is -4.52. The van der Waals surface area contributed by atoms with Crippen molar-refractivity contribution in [1.29, 1.82) is 0 Å². The smallest absolute Gasteiger partial charge is 0.329 e. The summed E-state index contributed by atoms with van der Waals surface area (Å²) in [5, 5.41) is 0. The molecule has 2 rings (SSSR count). The average Bonchev–Trinajstić information content (AvgIpc) is 2.81. The molecule has 94 valence electrons. The Morgan fingerprint density at radius 3 is 2.18 bits per heavy atom. The Kier molecular flexibility index (Phi) is 2.43. The second kappa shape index (κ2) is 3.38. The molecule has 1 aliphatic carbocycles. The molecule has 0 bridgehead atoms. The van der Waals surface area contributed by atoms with E-state index in [1.54, 1.807) is 0 Å². The van der Waals surface area contributed by atoms with Crippen LogP contribution in [0.2, 0.25) is 0 Å². The molecule has 1 fully saturated rings.